The molecule has 2 heterocycles. The van der Waals surface area contributed by atoms with Gasteiger partial charge >= 0.3 is 6.18 Å². The monoisotopic (exact) mass is 262 g/mol. The summed E-state index contributed by atoms with van der Waals surface area (Å²) in [5, 5.41) is 3.35. The van der Waals surface area contributed by atoms with E-state index in [4.69, 9.17) is 0 Å². The van der Waals surface area contributed by atoms with Crippen molar-refractivity contribution in [1.82, 2.24) is 10.2 Å². The number of nitrogens with one attached hydrogen (secondary N) is 1. The minimum atomic E-state index is -4.13. The first kappa shape index (κ1) is 13.9. The van der Waals surface area contributed by atoms with Crippen LogP contribution in [-0.2, 0) is 0 Å². The first-order valence-corrected chi connectivity index (χ1v) is 6.66. The third kappa shape index (κ3) is 3.48. The van der Waals surface area contributed by atoms with E-state index in [9.17, 15) is 13.2 Å². The van der Waals surface area contributed by atoms with Crippen molar-refractivity contribution in [2.75, 3.05) is 32.7 Å². The van der Waals surface area contributed by atoms with E-state index in [1.165, 1.54) is 6.08 Å². The summed E-state index contributed by atoms with van der Waals surface area (Å²) in [6.45, 7) is 6.21. The quantitative estimate of drug-likeness (QED) is 0.769. The number of piperidine rings is 1. The maximum absolute atomic E-state index is 12.5. The van der Waals surface area contributed by atoms with Crippen molar-refractivity contribution < 1.29 is 13.2 Å². The topological polar surface area (TPSA) is 15.3 Å². The van der Waals surface area contributed by atoms with Crippen LogP contribution in [0.25, 0.3) is 0 Å². The van der Waals surface area contributed by atoms with Crippen LogP contribution in [0.4, 0.5) is 13.2 Å². The molecule has 2 atom stereocenters. The molecule has 2 unspecified atom stereocenters. The maximum atomic E-state index is 12.5. The van der Waals surface area contributed by atoms with Crippen LogP contribution >= 0.6 is 0 Å². The molecule has 5 heteroatoms. The fraction of sp³-hybridized carbons (Fsp3) is 0.846. The summed E-state index contributed by atoms with van der Waals surface area (Å²) in [5.74, 6) is 1.24. The zero-order valence-corrected chi connectivity index (χ0v) is 10.8. The number of hydrogen-bond donors (Lipinski definition) is 1. The predicted molar refractivity (Wildman–Crippen MR) is 65.3 cm³/mol. The second-order valence-electron chi connectivity index (χ2n) is 5.47. The molecule has 0 aliphatic carbocycles. The molecule has 104 valence electrons. The Labute approximate surface area is 106 Å². The van der Waals surface area contributed by atoms with Gasteiger partial charge in [0.25, 0.3) is 0 Å². The summed E-state index contributed by atoms with van der Waals surface area (Å²) in [6.07, 6.45) is -1.50. The van der Waals surface area contributed by atoms with Gasteiger partial charge in [0.2, 0.25) is 0 Å². The third-order valence-corrected chi connectivity index (χ3v) is 4.11. The van der Waals surface area contributed by atoms with Crippen molar-refractivity contribution in [3.8, 4) is 0 Å². The van der Waals surface area contributed by atoms with Crippen LogP contribution in [0.3, 0.4) is 0 Å². The maximum Gasteiger partial charge on any atom is 0.412 e. The highest BCUT2D eigenvalue weighted by Gasteiger charge is 2.35. The number of halogens is 3. The molecule has 0 amide bonds. The van der Waals surface area contributed by atoms with Gasteiger partial charge in [-0.25, -0.2) is 0 Å². The lowest BCUT2D eigenvalue weighted by atomic mass is 9.87. The van der Waals surface area contributed by atoms with Crippen molar-refractivity contribution in [1.29, 1.82) is 0 Å². The number of nitrogens with zero attached hydrogens (tertiary/aromatic N) is 1. The van der Waals surface area contributed by atoms with Crippen molar-refractivity contribution in [3.63, 3.8) is 0 Å². The molecular formula is C13H21F3N2. The fourth-order valence-electron chi connectivity index (χ4n) is 2.81. The predicted octanol–water partition coefficient (Wildman–Crippen LogP) is 2.43. The summed E-state index contributed by atoms with van der Waals surface area (Å²) in [7, 11) is 0. The molecule has 2 nitrogen and oxygen atoms in total. The Bertz CT molecular complexity index is 312. The molecule has 0 saturated carbocycles. The normalized spacial score (nSPS) is 31.2. The van der Waals surface area contributed by atoms with Crippen LogP contribution in [0.1, 0.15) is 19.8 Å². The molecule has 0 spiro atoms. The smallest absolute Gasteiger partial charge is 0.316 e. The summed E-state index contributed by atoms with van der Waals surface area (Å²) in [5.41, 5.74) is -0.350. The van der Waals surface area contributed by atoms with Gasteiger partial charge in [0.1, 0.15) is 0 Å². The second-order valence-corrected chi connectivity index (χ2v) is 5.47. The molecule has 0 aromatic carbocycles. The van der Waals surface area contributed by atoms with Crippen molar-refractivity contribution in [3.05, 3.63) is 11.6 Å². The molecule has 2 aliphatic heterocycles. The average molecular weight is 262 g/mol. The minimum Gasteiger partial charge on any atom is -0.316 e. The molecular weight excluding hydrogens is 241 g/mol. The van der Waals surface area contributed by atoms with E-state index in [0.29, 0.717) is 24.9 Å². The van der Waals surface area contributed by atoms with E-state index < -0.39 is 6.18 Å². The van der Waals surface area contributed by atoms with Crippen LogP contribution in [0.15, 0.2) is 11.6 Å². The lowest BCUT2D eigenvalue weighted by molar-refractivity contribution is -0.0961. The lowest BCUT2D eigenvalue weighted by Crippen LogP contribution is -2.42. The lowest BCUT2D eigenvalue weighted by Gasteiger charge is -2.35. The van der Waals surface area contributed by atoms with Gasteiger partial charge in [0.05, 0.1) is 0 Å². The summed E-state index contributed by atoms with van der Waals surface area (Å²) < 4.78 is 37.5. The number of alkyl halides is 3. The van der Waals surface area contributed by atoms with Gasteiger partial charge in [-0.05, 0) is 37.8 Å². The first-order valence-electron chi connectivity index (χ1n) is 6.66. The molecule has 0 radical (unpaired) electrons. The highest BCUT2D eigenvalue weighted by atomic mass is 19.4. The van der Waals surface area contributed by atoms with Gasteiger partial charge in [-0.3, -0.25) is 4.90 Å². The number of rotatable bonds is 2. The minimum absolute atomic E-state index is 0.142. The molecule has 1 N–H and O–H groups in total. The summed E-state index contributed by atoms with van der Waals surface area (Å²) in [4.78, 5) is 2.15. The standard InChI is InChI=1S/C13H21F3N2/c1-10-8-17-5-2-11(10)9-18-6-3-12(4-7-18)13(14,15)16/h3,10-11,17H,2,4-9H2,1H3. The molecule has 1 saturated heterocycles. The van der Waals surface area contributed by atoms with Gasteiger partial charge < -0.3 is 5.32 Å². The van der Waals surface area contributed by atoms with Crippen molar-refractivity contribution in [2.24, 2.45) is 11.8 Å². The van der Waals surface area contributed by atoms with E-state index >= 15 is 0 Å². The molecule has 2 rings (SSSR count). The molecule has 2 aliphatic rings. The van der Waals surface area contributed by atoms with Crippen LogP contribution in [-0.4, -0.2) is 43.8 Å². The van der Waals surface area contributed by atoms with Crippen molar-refractivity contribution >= 4 is 0 Å². The van der Waals surface area contributed by atoms with Crippen LogP contribution in [0.2, 0.25) is 0 Å². The molecule has 1 fully saturated rings. The molecule has 0 aromatic heterocycles. The molecule has 18 heavy (non-hydrogen) atoms. The summed E-state index contributed by atoms with van der Waals surface area (Å²) >= 11 is 0. The van der Waals surface area contributed by atoms with Gasteiger partial charge in [0, 0.05) is 25.2 Å². The zero-order chi connectivity index (χ0) is 13.2. The zero-order valence-electron chi connectivity index (χ0n) is 10.8. The molecule has 0 bridgehead atoms. The SMILES string of the molecule is CC1CNCCC1CN1CC=C(C(F)(F)F)CC1. The highest BCUT2D eigenvalue weighted by molar-refractivity contribution is 5.13. The first-order chi connectivity index (χ1) is 8.47. The van der Waals surface area contributed by atoms with Gasteiger partial charge in [-0.15, -0.1) is 0 Å². The Balaban J connectivity index is 1.84. The Hall–Kier alpha value is -0.550. The van der Waals surface area contributed by atoms with E-state index in [0.717, 1.165) is 26.1 Å². The van der Waals surface area contributed by atoms with E-state index in [-0.39, 0.29) is 12.0 Å². The highest BCUT2D eigenvalue weighted by Crippen LogP contribution is 2.30. The Kier molecular flexibility index (Phi) is 4.33. The average Bonchev–Trinajstić information content (AvgIpc) is 2.32. The van der Waals surface area contributed by atoms with E-state index in [2.05, 4.69) is 17.1 Å². The number of hydrogen-bond acceptors (Lipinski definition) is 2. The Morgan fingerprint density at radius 1 is 1.44 bits per heavy atom. The summed E-state index contributed by atoms with van der Waals surface area (Å²) in [6, 6.07) is 0. The fourth-order valence-corrected chi connectivity index (χ4v) is 2.81. The van der Waals surface area contributed by atoms with E-state index in [1.807, 2.05) is 0 Å². The van der Waals surface area contributed by atoms with Gasteiger partial charge in [-0.2, -0.15) is 13.2 Å². The van der Waals surface area contributed by atoms with Crippen molar-refractivity contribution in [2.45, 2.75) is 25.9 Å². The van der Waals surface area contributed by atoms with Crippen LogP contribution < -0.4 is 5.32 Å². The van der Waals surface area contributed by atoms with Crippen LogP contribution in [0, 0.1) is 11.8 Å². The molecule has 0 aromatic rings. The third-order valence-electron chi connectivity index (χ3n) is 4.11. The van der Waals surface area contributed by atoms with Gasteiger partial charge in [-0.1, -0.05) is 13.0 Å². The van der Waals surface area contributed by atoms with Gasteiger partial charge in [0.15, 0.2) is 0 Å². The largest absolute Gasteiger partial charge is 0.412 e. The second kappa shape index (κ2) is 5.61. The Morgan fingerprint density at radius 3 is 2.78 bits per heavy atom. The van der Waals surface area contributed by atoms with Crippen LogP contribution in [0.5, 0.6) is 0 Å². The van der Waals surface area contributed by atoms with E-state index in [1.54, 1.807) is 0 Å². The Morgan fingerprint density at radius 2 is 2.22 bits per heavy atom.